The van der Waals surface area contributed by atoms with E-state index < -0.39 is 24.6 Å². The van der Waals surface area contributed by atoms with Gasteiger partial charge in [0.25, 0.3) is 0 Å². The summed E-state index contributed by atoms with van der Waals surface area (Å²) in [7, 11) is 1.50. The molecule has 1 aromatic rings. The zero-order chi connectivity index (χ0) is 22.2. The average molecular weight is 433 g/mol. The normalized spacial score (nSPS) is 24.8. The van der Waals surface area contributed by atoms with Gasteiger partial charge in [0.05, 0.1) is 19.2 Å². The third kappa shape index (κ3) is 6.41. The Bertz CT molecular complexity index is 783. The van der Waals surface area contributed by atoms with E-state index in [-0.39, 0.29) is 24.3 Å². The third-order valence-corrected chi connectivity index (χ3v) is 5.71. The van der Waals surface area contributed by atoms with Crippen LogP contribution in [0.5, 0.6) is 5.75 Å². The van der Waals surface area contributed by atoms with Gasteiger partial charge in [0.2, 0.25) is 17.7 Å². The first-order valence-electron chi connectivity index (χ1n) is 10.9. The highest BCUT2D eigenvalue weighted by Crippen LogP contribution is 2.33. The highest BCUT2D eigenvalue weighted by atomic mass is 16.5. The van der Waals surface area contributed by atoms with Gasteiger partial charge in [-0.25, -0.2) is 0 Å². The zero-order valence-electron chi connectivity index (χ0n) is 17.9. The fraction of sp³-hybridized carbons (Fsp3) is 0.591. The van der Waals surface area contributed by atoms with E-state index in [9.17, 15) is 19.5 Å². The maximum absolute atomic E-state index is 13.0. The molecule has 9 nitrogen and oxygen atoms in total. The SMILES string of the molecule is CN1C(=O)C(C2CC2)NCCOc2ccccc2CCCNC(=O)CNC(=O)C1CO. The molecule has 31 heavy (non-hydrogen) atoms. The van der Waals surface area contributed by atoms with Crippen molar-refractivity contribution < 1.29 is 24.2 Å². The van der Waals surface area contributed by atoms with E-state index in [0.29, 0.717) is 19.7 Å². The lowest BCUT2D eigenvalue weighted by atomic mass is 10.1. The minimum atomic E-state index is -1.05. The summed E-state index contributed by atoms with van der Waals surface area (Å²) in [6.07, 6.45) is 3.36. The molecule has 1 aliphatic carbocycles. The van der Waals surface area contributed by atoms with Gasteiger partial charge in [0.15, 0.2) is 0 Å². The summed E-state index contributed by atoms with van der Waals surface area (Å²) in [6, 6.07) is 6.31. The highest BCUT2D eigenvalue weighted by molar-refractivity contribution is 5.92. The third-order valence-electron chi connectivity index (χ3n) is 5.71. The molecule has 1 aromatic carbocycles. The number of likely N-dealkylation sites (N-methyl/N-ethyl adjacent to an activating group) is 1. The smallest absolute Gasteiger partial charge is 0.245 e. The number of ether oxygens (including phenoxy) is 1. The van der Waals surface area contributed by atoms with E-state index in [4.69, 9.17) is 4.74 Å². The van der Waals surface area contributed by atoms with E-state index >= 15 is 0 Å². The van der Waals surface area contributed by atoms with Crippen molar-refractivity contribution in [3.63, 3.8) is 0 Å². The van der Waals surface area contributed by atoms with Gasteiger partial charge < -0.3 is 30.7 Å². The number of fused-ring (bicyclic) bond motifs is 1. The maximum Gasteiger partial charge on any atom is 0.245 e. The summed E-state index contributed by atoms with van der Waals surface area (Å²) in [5, 5.41) is 18.3. The molecule has 3 rings (SSSR count). The standard InChI is InChI=1S/C22H32N4O5/c1-26-17(14-27)21(29)25-13-19(28)23-10-4-6-15-5-2-3-7-18(15)31-12-11-24-20(22(26)30)16-8-9-16/h2-3,5,7,16-17,20,24,27H,4,6,8-14H2,1H3,(H,23,28)(H,25,29). The van der Waals surface area contributed by atoms with E-state index in [1.54, 1.807) is 0 Å². The van der Waals surface area contributed by atoms with E-state index in [2.05, 4.69) is 16.0 Å². The van der Waals surface area contributed by atoms with Crippen LogP contribution in [-0.2, 0) is 20.8 Å². The summed E-state index contributed by atoms with van der Waals surface area (Å²) in [5.74, 6) is -0.108. The van der Waals surface area contributed by atoms with Crippen molar-refractivity contribution in [2.45, 2.75) is 37.8 Å². The molecule has 0 saturated heterocycles. The molecule has 1 saturated carbocycles. The van der Waals surface area contributed by atoms with E-state index in [1.165, 1.54) is 11.9 Å². The number of aliphatic hydroxyl groups is 1. The molecule has 0 aromatic heterocycles. The number of carbonyl (C=O) groups excluding carboxylic acids is 3. The Hall–Kier alpha value is -2.65. The molecule has 170 valence electrons. The molecule has 1 heterocycles. The zero-order valence-corrected chi connectivity index (χ0v) is 17.9. The van der Waals surface area contributed by atoms with Crippen LogP contribution in [0.2, 0.25) is 0 Å². The average Bonchev–Trinajstić information content (AvgIpc) is 3.60. The Balaban J connectivity index is 1.73. The summed E-state index contributed by atoms with van der Waals surface area (Å²) in [5.41, 5.74) is 1.06. The van der Waals surface area contributed by atoms with Gasteiger partial charge in [-0.05, 0) is 43.2 Å². The molecule has 0 bridgehead atoms. The van der Waals surface area contributed by atoms with Crippen LogP contribution in [0, 0.1) is 5.92 Å². The fourth-order valence-corrected chi connectivity index (χ4v) is 3.72. The van der Waals surface area contributed by atoms with Crippen molar-refractivity contribution in [2.24, 2.45) is 5.92 Å². The van der Waals surface area contributed by atoms with Crippen LogP contribution in [0.3, 0.4) is 0 Å². The lowest BCUT2D eigenvalue weighted by Gasteiger charge is -2.30. The minimum Gasteiger partial charge on any atom is -0.492 e. The number of hydrogen-bond donors (Lipinski definition) is 4. The number of nitrogens with one attached hydrogen (secondary N) is 3. The minimum absolute atomic E-state index is 0.207. The van der Waals surface area contributed by atoms with Gasteiger partial charge in [-0.2, -0.15) is 0 Å². The summed E-state index contributed by atoms with van der Waals surface area (Å²) >= 11 is 0. The Morgan fingerprint density at radius 3 is 2.65 bits per heavy atom. The van der Waals surface area contributed by atoms with Crippen molar-refractivity contribution in [2.75, 3.05) is 39.9 Å². The summed E-state index contributed by atoms with van der Waals surface area (Å²) in [4.78, 5) is 38.9. The molecular formula is C22H32N4O5. The Morgan fingerprint density at radius 2 is 1.90 bits per heavy atom. The maximum atomic E-state index is 13.0. The number of rotatable bonds is 2. The Morgan fingerprint density at radius 1 is 1.13 bits per heavy atom. The first kappa shape index (κ1) is 23.0. The Kier molecular flexibility index (Phi) is 8.25. The quantitative estimate of drug-likeness (QED) is 0.497. The molecule has 0 radical (unpaired) electrons. The number of para-hydroxylation sites is 1. The Labute approximate surface area is 182 Å². The second-order valence-corrected chi connectivity index (χ2v) is 8.04. The number of benzene rings is 1. The summed E-state index contributed by atoms with van der Waals surface area (Å²) < 4.78 is 5.95. The van der Waals surface area contributed by atoms with Gasteiger partial charge in [-0.1, -0.05) is 18.2 Å². The number of aliphatic hydroxyl groups excluding tert-OH is 1. The molecule has 3 amide bonds. The predicted molar refractivity (Wildman–Crippen MR) is 114 cm³/mol. The van der Waals surface area contributed by atoms with Crippen molar-refractivity contribution in [3.8, 4) is 5.75 Å². The van der Waals surface area contributed by atoms with Gasteiger partial charge in [-0.15, -0.1) is 0 Å². The molecule has 1 aliphatic heterocycles. The van der Waals surface area contributed by atoms with Crippen LogP contribution in [0.15, 0.2) is 24.3 Å². The van der Waals surface area contributed by atoms with Gasteiger partial charge in [0, 0.05) is 20.1 Å². The van der Waals surface area contributed by atoms with Crippen LogP contribution >= 0.6 is 0 Å². The molecule has 2 aliphatic rings. The van der Waals surface area contributed by atoms with Crippen molar-refractivity contribution in [1.82, 2.24) is 20.9 Å². The molecule has 1 fully saturated rings. The van der Waals surface area contributed by atoms with E-state index in [1.807, 2.05) is 24.3 Å². The van der Waals surface area contributed by atoms with Crippen molar-refractivity contribution in [3.05, 3.63) is 29.8 Å². The van der Waals surface area contributed by atoms with Crippen LogP contribution in [0.4, 0.5) is 0 Å². The molecule has 2 unspecified atom stereocenters. The first-order valence-corrected chi connectivity index (χ1v) is 10.9. The number of amides is 3. The highest BCUT2D eigenvalue weighted by Gasteiger charge is 2.39. The molecule has 9 heteroatoms. The second kappa shape index (κ2) is 11.1. The van der Waals surface area contributed by atoms with Crippen LogP contribution < -0.4 is 20.7 Å². The lowest BCUT2D eigenvalue weighted by Crippen LogP contribution is -2.56. The first-order chi connectivity index (χ1) is 15.0. The topological polar surface area (TPSA) is 120 Å². The fourth-order valence-electron chi connectivity index (χ4n) is 3.72. The molecule has 0 spiro atoms. The molecule has 2 atom stereocenters. The summed E-state index contributed by atoms with van der Waals surface area (Å²) in [6.45, 7) is 0.628. The predicted octanol–water partition coefficient (Wildman–Crippen LogP) is -0.568. The second-order valence-electron chi connectivity index (χ2n) is 8.04. The van der Waals surface area contributed by atoms with Crippen LogP contribution in [0.1, 0.15) is 24.8 Å². The molecular weight excluding hydrogens is 400 g/mol. The number of aryl methyl sites for hydroxylation is 1. The van der Waals surface area contributed by atoms with Crippen LogP contribution in [0.25, 0.3) is 0 Å². The van der Waals surface area contributed by atoms with Gasteiger partial charge in [-0.3, -0.25) is 14.4 Å². The van der Waals surface area contributed by atoms with Gasteiger partial charge in [0.1, 0.15) is 18.4 Å². The lowest BCUT2D eigenvalue weighted by molar-refractivity contribution is -0.142. The van der Waals surface area contributed by atoms with Crippen molar-refractivity contribution >= 4 is 17.7 Å². The van der Waals surface area contributed by atoms with Crippen LogP contribution in [-0.4, -0.2) is 79.7 Å². The van der Waals surface area contributed by atoms with E-state index in [0.717, 1.165) is 37.0 Å². The number of nitrogens with zero attached hydrogens (tertiary/aromatic N) is 1. The monoisotopic (exact) mass is 432 g/mol. The van der Waals surface area contributed by atoms with Gasteiger partial charge >= 0.3 is 0 Å². The largest absolute Gasteiger partial charge is 0.492 e. The number of carbonyl (C=O) groups is 3. The molecule has 4 N–H and O–H groups in total. The van der Waals surface area contributed by atoms with Crippen molar-refractivity contribution in [1.29, 1.82) is 0 Å². The number of hydrogen-bond acceptors (Lipinski definition) is 6.